The van der Waals surface area contributed by atoms with Gasteiger partial charge < -0.3 is 0 Å². The molecule has 9 aromatic carbocycles. The van der Waals surface area contributed by atoms with Crippen molar-refractivity contribution in [3.05, 3.63) is 255 Å². The van der Waals surface area contributed by atoms with Crippen LogP contribution in [-0.2, 0) is 0 Å². The Hall–Kier alpha value is -8.99. The maximum atomic E-state index is 5.44. The van der Waals surface area contributed by atoms with Gasteiger partial charge in [-0.1, -0.05) is 224 Å². The summed E-state index contributed by atoms with van der Waals surface area (Å²) in [6.07, 6.45) is 0. The van der Waals surface area contributed by atoms with Gasteiger partial charge in [0, 0.05) is 38.8 Å². The van der Waals surface area contributed by atoms with Gasteiger partial charge in [-0.3, -0.25) is 0 Å². The highest BCUT2D eigenvalue weighted by Gasteiger charge is 2.22. The Kier molecular flexibility index (Phi) is 10.2. The van der Waals surface area contributed by atoms with E-state index in [0.717, 1.165) is 111 Å². The number of nitrogens with zero attached hydrogens (tertiary/aromatic N) is 4. The molecule has 12 rings (SSSR count). The summed E-state index contributed by atoms with van der Waals surface area (Å²) in [6.45, 7) is 0. The summed E-state index contributed by atoms with van der Waals surface area (Å²) in [6, 6.07) is 89.9. The second kappa shape index (κ2) is 17.2. The lowest BCUT2D eigenvalue weighted by atomic mass is 9.94. The SMILES string of the molecule is c1ccc(-c2cccc(-c3cc(-c4ccc(-c5ccc6cc(-c7ccccc7)n7nc(-c8ccccc8)c(-c8ccccc8)c7c6c5)cc4)nc(-c4cccc(-c5ccccc5)c4)n3)c2)cc1. The van der Waals surface area contributed by atoms with E-state index in [2.05, 4.69) is 253 Å². The standard InChI is InChI=1S/C63H42N4/c1-6-18-43(19-7-1)50-28-16-30-54(38-50)58-42-57(64-63(65-58)55-31-17-29-51(39-55)44-20-8-2-9-21-44)46-34-32-45(33-35-46)52-36-37-53-41-59(47-22-10-3-11-23-47)67-62(56(53)40-52)60(48-24-12-4-13-25-48)61(66-67)49-26-14-5-15-27-49/h1-42H. The van der Waals surface area contributed by atoms with Crippen LogP contribution in [-0.4, -0.2) is 19.6 Å². The van der Waals surface area contributed by atoms with Crippen molar-refractivity contribution in [3.63, 3.8) is 0 Å². The van der Waals surface area contributed by atoms with Crippen LogP contribution in [0.15, 0.2) is 255 Å². The first-order valence-electron chi connectivity index (χ1n) is 22.7. The molecule has 0 N–H and O–H groups in total. The van der Waals surface area contributed by atoms with Crippen molar-refractivity contribution in [2.24, 2.45) is 0 Å². The van der Waals surface area contributed by atoms with Crippen molar-refractivity contribution in [2.75, 3.05) is 0 Å². The van der Waals surface area contributed by atoms with Gasteiger partial charge in [-0.05, 0) is 74.7 Å². The van der Waals surface area contributed by atoms with Crippen molar-refractivity contribution in [3.8, 4) is 101 Å². The first-order valence-corrected chi connectivity index (χ1v) is 22.7. The molecule has 0 aliphatic carbocycles. The van der Waals surface area contributed by atoms with Crippen LogP contribution in [0.25, 0.3) is 117 Å². The summed E-state index contributed by atoms with van der Waals surface area (Å²) in [5.41, 5.74) is 19.0. The predicted molar refractivity (Wildman–Crippen MR) is 277 cm³/mol. The average Bonchev–Trinajstić information content (AvgIpc) is 3.83. The van der Waals surface area contributed by atoms with Gasteiger partial charge >= 0.3 is 0 Å². The maximum absolute atomic E-state index is 5.44. The van der Waals surface area contributed by atoms with E-state index in [1.807, 2.05) is 6.07 Å². The van der Waals surface area contributed by atoms with Gasteiger partial charge in [0.25, 0.3) is 0 Å². The first-order chi connectivity index (χ1) is 33.2. The van der Waals surface area contributed by atoms with Crippen LogP contribution >= 0.6 is 0 Å². The second-order valence-corrected chi connectivity index (χ2v) is 16.8. The molecule has 4 nitrogen and oxygen atoms in total. The fourth-order valence-electron chi connectivity index (χ4n) is 9.27. The van der Waals surface area contributed by atoms with E-state index in [1.165, 1.54) is 0 Å². The third-order valence-corrected chi connectivity index (χ3v) is 12.6. The third kappa shape index (κ3) is 7.67. The largest absolute Gasteiger partial charge is 0.231 e. The van der Waals surface area contributed by atoms with Crippen LogP contribution in [0, 0.1) is 0 Å². The summed E-state index contributed by atoms with van der Waals surface area (Å²) < 4.78 is 2.16. The van der Waals surface area contributed by atoms with Gasteiger partial charge in [-0.25, -0.2) is 14.5 Å². The molecule has 0 amide bonds. The average molecular weight is 855 g/mol. The smallest absolute Gasteiger partial charge is 0.160 e. The molecule has 0 saturated heterocycles. The van der Waals surface area contributed by atoms with Gasteiger partial charge in [0.05, 0.1) is 22.6 Å². The van der Waals surface area contributed by atoms with Crippen molar-refractivity contribution in [1.29, 1.82) is 0 Å². The lowest BCUT2D eigenvalue weighted by molar-refractivity contribution is 0.979. The maximum Gasteiger partial charge on any atom is 0.160 e. The Morgan fingerprint density at radius 3 is 1.33 bits per heavy atom. The van der Waals surface area contributed by atoms with E-state index in [-0.39, 0.29) is 0 Å². The molecule has 0 bridgehead atoms. The molecule has 0 spiro atoms. The summed E-state index contributed by atoms with van der Waals surface area (Å²) in [5.74, 6) is 0.679. The lowest BCUT2D eigenvalue weighted by Crippen LogP contribution is -1.97. The molecular formula is C63H42N4. The van der Waals surface area contributed by atoms with Crippen LogP contribution < -0.4 is 0 Å². The molecule has 12 aromatic rings. The van der Waals surface area contributed by atoms with Gasteiger partial charge in [0.1, 0.15) is 5.69 Å². The summed E-state index contributed by atoms with van der Waals surface area (Å²) in [4.78, 5) is 10.5. The van der Waals surface area contributed by atoms with Crippen molar-refractivity contribution >= 4 is 16.3 Å². The zero-order valence-electron chi connectivity index (χ0n) is 36.5. The Morgan fingerprint density at radius 1 is 0.284 bits per heavy atom. The predicted octanol–water partition coefficient (Wildman–Crippen LogP) is 16.3. The molecule has 4 heteroatoms. The lowest BCUT2D eigenvalue weighted by Gasteiger charge is -2.13. The fourth-order valence-corrected chi connectivity index (χ4v) is 9.27. The molecule has 0 fully saturated rings. The van der Waals surface area contributed by atoms with Crippen LogP contribution in [0.4, 0.5) is 0 Å². The van der Waals surface area contributed by atoms with E-state index in [0.29, 0.717) is 5.82 Å². The van der Waals surface area contributed by atoms with Gasteiger partial charge in [0.2, 0.25) is 0 Å². The van der Waals surface area contributed by atoms with Crippen LogP contribution in [0.2, 0.25) is 0 Å². The monoisotopic (exact) mass is 854 g/mol. The number of rotatable bonds is 9. The van der Waals surface area contributed by atoms with E-state index < -0.39 is 0 Å². The molecule has 3 heterocycles. The summed E-state index contributed by atoms with van der Waals surface area (Å²) >= 11 is 0. The molecule has 0 aliphatic rings. The third-order valence-electron chi connectivity index (χ3n) is 12.6. The van der Waals surface area contributed by atoms with Crippen LogP contribution in [0.3, 0.4) is 0 Å². The van der Waals surface area contributed by atoms with Gasteiger partial charge in [-0.2, -0.15) is 5.10 Å². The number of benzene rings is 9. The number of pyridine rings is 1. The fraction of sp³-hybridized carbons (Fsp3) is 0. The molecule has 0 unspecified atom stereocenters. The number of hydrogen-bond donors (Lipinski definition) is 0. The van der Waals surface area contributed by atoms with Gasteiger partial charge in [-0.15, -0.1) is 0 Å². The normalized spacial score (nSPS) is 11.3. The zero-order chi connectivity index (χ0) is 44.5. The van der Waals surface area contributed by atoms with Crippen molar-refractivity contribution in [2.45, 2.75) is 0 Å². The van der Waals surface area contributed by atoms with Crippen LogP contribution in [0.1, 0.15) is 0 Å². The Labute approximate surface area is 389 Å². The molecule has 314 valence electrons. The highest BCUT2D eigenvalue weighted by Crippen LogP contribution is 2.42. The minimum absolute atomic E-state index is 0.679. The molecule has 67 heavy (non-hydrogen) atoms. The topological polar surface area (TPSA) is 43.1 Å². The van der Waals surface area contributed by atoms with E-state index in [1.54, 1.807) is 0 Å². The highest BCUT2D eigenvalue weighted by molar-refractivity contribution is 6.09. The van der Waals surface area contributed by atoms with Crippen LogP contribution in [0.5, 0.6) is 0 Å². The van der Waals surface area contributed by atoms with E-state index in [4.69, 9.17) is 15.1 Å². The molecule has 0 radical (unpaired) electrons. The number of hydrogen-bond acceptors (Lipinski definition) is 3. The molecule has 0 aliphatic heterocycles. The van der Waals surface area contributed by atoms with Gasteiger partial charge in [0.15, 0.2) is 5.82 Å². The van der Waals surface area contributed by atoms with E-state index in [9.17, 15) is 0 Å². The molecule has 0 saturated carbocycles. The quantitative estimate of drug-likeness (QED) is 0.145. The first kappa shape index (κ1) is 39.6. The number of aromatic nitrogens is 4. The van der Waals surface area contributed by atoms with Crippen molar-refractivity contribution in [1.82, 2.24) is 19.6 Å². The van der Waals surface area contributed by atoms with E-state index >= 15 is 0 Å². The van der Waals surface area contributed by atoms with Crippen molar-refractivity contribution < 1.29 is 0 Å². The Bertz CT molecular complexity index is 3600. The Morgan fingerprint density at radius 2 is 0.716 bits per heavy atom. The minimum Gasteiger partial charge on any atom is -0.231 e. The summed E-state index contributed by atoms with van der Waals surface area (Å²) in [5, 5.41) is 7.72. The highest BCUT2D eigenvalue weighted by atomic mass is 15.2. The Balaban J connectivity index is 0.992. The molecular weight excluding hydrogens is 813 g/mol. The molecule has 0 atom stereocenters. The molecule has 3 aromatic heterocycles. The number of fused-ring (bicyclic) bond motifs is 3. The summed E-state index contributed by atoms with van der Waals surface area (Å²) in [7, 11) is 0. The second-order valence-electron chi connectivity index (χ2n) is 16.8. The zero-order valence-corrected chi connectivity index (χ0v) is 36.5. The minimum atomic E-state index is 0.679.